The lowest BCUT2D eigenvalue weighted by molar-refractivity contribution is -0.116. The van der Waals surface area contributed by atoms with E-state index in [1.165, 1.54) is 11.3 Å². The SMILES string of the molecule is CCOC(=O)c1cc(CC)sc1NC(=O)Cn1cnc2ccccc21. The Morgan fingerprint density at radius 3 is 2.84 bits per heavy atom. The van der Waals surface area contributed by atoms with Crippen LogP contribution < -0.4 is 5.32 Å². The summed E-state index contributed by atoms with van der Waals surface area (Å²) in [6.07, 6.45) is 2.43. The van der Waals surface area contributed by atoms with Crippen molar-refractivity contribution in [3.8, 4) is 0 Å². The smallest absolute Gasteiger partial charge is 0.341 e. The standard InChI is InChI=1S/C18H19N3O3S/c1-3-12-9-13(18(23)24-4-2)17(25-12)20-16(22)10-21-11-19-14-7-5-6-8-15(14)21/h5-9,11H,3-4,10H2,1-2H3,(H,20,22). The normalized spacial score (nSPS) is 10.8. The van der Waals surface area contributed by atoms with Gasteiger partial charge in [0.15, 0.2) is 0 Å². The van der Waals surface area contributed by atoms with Crippen molar-refractivity contribution in [2.75, 3.05) is 11.9 Å². The summed E-state index contributed by atoms with van der Waals surface area (Å²) in [6.45, 7) is 4.18. The minimum absolute atomic E-state index is 0.127. The third-order valence-corrected chi connectivity index (χ3v) is 4.92. The van der Waals surface area contributed by atoms with E-state index in [4.69, 9.17) is 4.74 Å². The molecule has 0 fully saturated rings. The predicted molar refractivity (Wildman–Crippen MR) is 98.0 cm³/mol. The maximum Gasteiger partial charge on any atom is 0.341 e. The van der Waals surface area contributed by atoms with Gasteiger partial charge in [0, 0.05) is 4.88 Å². The van der Waals surface area contributed by atoms with E-state index in [0.717, 1.165) is 22.3 Å². The van der Waals surface area contributed by atoms with Crippen LogP contribution in [0.5, 0.6) is 0 Å². The van der Waals surface area contributed by atoms with Gasteiger partial charge in [-0.05, 0) is 31.5 Å². The fraction of sp³-hybridized carbons (Fsp3) is 0.278. The molecule has 0 aliphatic rings. The van der Waals surface area contributed by atoms with Gasteiger partial charge in [0.05, 0.1) is 29.5 Å². The van der Waals surface area contributed by atoms with Gasteiger partial charge in [0.1, 0.15) is 11.5 Å². The van der Waals surface area contributed by atoms with E-state index in [2.05, 4.69) is 10.3 Å². The number of esters is 1. The summed E-state index contributed by atoms with van der Waals surface area (Å²) in [5.41, 5.74) is 2.14. The molecule has 7 heteroatoms. The van der Waals surface area contributed by atoms with Crippen LogP contribution >= 0.6 is 11.3 Å². The third-order valence-electron chi connectivity index (χ3n) is 3.72. The summed E-state index contributed by atoms with van der Waals surface area (Å²) < 4.78 is 6.85. The lowest BCUT2D eigenvalue weighted by Gasteiger charge is -2.07. The molecule has 2 heterocycles. The van der Waals surface area contributed by atoms with E-state index >= 15 is 0 Å². The number of amides is 1. The number of anilines is 1. The van der Waals surface area contributed by atoms with Crippen molar-refractivity contribution in [3.05, 3.63) is 47.1 Å². The summed E-state index contributed by atoms with van der Waals surface area (Å²) in [6, 6.07) is 9.41. The number of imidazole rings is 1. The zero-order valence-electron chi connectivity index (χ0n) is 14.1. The molecule has 0 atom stereocenters. The van der Waals surface area contributed by atoms with Crippen molar-refractivity contribution < 1.29 is 14.3 Å². The number of carbonyl (C=O) groups is 2. The Kier molecular flexibility index (Phi) is 5.14. The monoisotopic (exact) mass is 357 g/mol. The van der Waals surface area contributed by atoms with Crippen molar-refractivity contribution in [2.45, 2.75) is 26.8 Å². The van der Waals surface area contributed by atoms with Gasteiger partial charge in [-0.3, -0.25) is 4.79 Å². The number of rotatable bonds is 6. The molecule has 0 saturated carbocycles. The molecule has 3 rings (SSSR count). The number of nitrogens with zero attached hydrogens (tertiary/aromatic N) is 2. The van der Waals surface area contributed by atoms with E-state index in [1.54, 1.807) is 23.9 Å². The topological polar surface area (TPSA) is 73.2 Å². The number of thiophene rings is 1. The number of para-hydroxylation sites is 2. The molecule has 0 saturated heterocycles. The molecular weight excluding hydrogens is 338 g/mol. The molecule has 1 N–H and O–H groups in total. The fourth-order valence-electron chi connectivity index (χ4n) is 2.53. The molecule has 1 aromatic carbocycles. The van der Waals surface area contributed by atoms with Gasteiger partial charge in [0.25, 0.3) is 0 Å². The van der Waals surface area contributed by atoms with Gasteiger partial charge in [-0.25, -0.2) is 9.78 Å². The van der Waals surface area contributed by atoms with E-state index in [1.807, 2.05) is 31.2 Å². The van der Waals surface area contributed by atoms with Gasteiger partial charge in [0.2, 0.25) is 5.91 Å². The first-order valence-corrected chi connectivity index (χ1v) is 8.93. The van der Waals surface area contributed by atoms with Crippen LogP contribution in [0.4, 0.5) is 5.00 Å². The Morgan fingerprint density at radius 1 is 1.28 bits per heavy atom. The molecule has 0 aliphatic heterocycles. The first-order chi connectivity index (χ1) is 12.1. The van der Waals surface area contributed by atoms with Gasteiger partial charge < -0.3 is 14.6 Å². The number of fused-ring (bicyclic) bond motifs is 1. The molecule has 0 spiro atoms. The highest BCUT2D eigenvalue weighted by Crippen LogP contribution is 2.29. The number of aromatic nitrogens is 2. The van der Waals surface area contributed by atoms with E-state index in [-0.39, 0.29) is 12.5 Å². The largest absolute Gasteiger partial charge is 0.462 e. The highest BCUT2D eigenvalue weighted by atomic mass is 32.1. The molecule has 0 bridgehead atoms. The van der Waals surface area contributed by atoms with E-state index in [0.29, 0.717) is 17.2 Å². The minimum Gasteiger partial charge on any atom is -0.462 e. The van der Waals surface area contributed by atoms with Gasteiger partial charge >= 0.3 is 5.97 Å². The van der Waals surface area contributed by atoms with Gasteiger partial charge in [-0.2, -0.15) is 0 Å². The first-order valence-electron chi connectivity index (χ1n) is 8.12. The Hall–Kier alpha value is -2.67. The molecule has 130 valence electrons. The Labute approximate surface area is 149 Å². The molecule has 1 amide bonds. The van der Waals surface area contributed by atoms with Crippen LogP contribution in [-0.4, -0.2) is 28.0 Å². The minimum atomic E-state index is -0.415. The molecule has 0 aliphatic carbocycles. The fourth-order valence-corrected chi connectivity index (χ4v) is 3.53. The van der Waals surface area contributed by atoms with Crippen molar-refractivity contribution in [1.29, 1.82) is 0 Å². The highest BCUT2D eigenvalue weighted by Gasteiger charge is 2.19. The number of nitrogens with one attached hydrogen (secondary N) is 1. The molecule has 0 radical (unpaired) electrons. The molecule has 25 heavy (non-hydrogen) atoms. The number of aryl methyl sites for hydroxylation is 1. The average molecular weight is 357 g/mol. The van der Waals surface area contributed by atoms with Gasteiger partial charge in [-0.1, -0.05) is 19.1 Å². The summed E-state index contributed by atoms with van der Waals surface area (Å²) >= 11 is 1.40. The quantitative estimate of drug-likeness (QED) is 0.686. The zero-order valence-corrected chi connectivity index (χ0v) is 14.9. The molecule has 2 aromatic heterocycles. The van der Waals surface area contributed by atoms with Crippen LogP contribution in [0.25, 0.3) is 11.0 Å². The summed E-state index contributed by atoms with van der Waals surface area (Å²) in [5, 5.41) is 3.37. The van der Waals surface area contributed by atoms with Crippen LogP contribution in [0, 0.1) is 0 Å². The van der Waals surface area contributed by atoms with Crippen LogP contribution in [0.1, 0.15) is 29.1 Å². The Morgan fingerprint density at radius 2 is 2.08 bits per heavy atom. The second kappa shape index (κ2) is 7.48. The van der Waals surface area contributed by atoms with E-state index < -0.39 is 5.97 Å². The van der Waals surface area contributed by atoms with Crippen molar-refractivity contribution >= 4 is 39.2 Å². The molecule has 0 unspecified atom stereocenters. The maximum atomic E-state index is 12.4. The Bertz CT molecular complexity index is 913. The second-order valence-electron chi connectivity index (χ2n) is 5.44. The first kappa shape index (κ1) is 17.2. The second-order valence-corrected chi connectivity index (χ2v) is 6.58. The highest BCUT2D eigenvalue weighted by molar-refractivity contribution is 7.16. The van der Waals surface area contributed by atoms with Crippen LogP contribution in [0.3, 0.4) is 0 Å². The summed E-state index contributed by atoms with van der Waals surface area (Å²) in [4.78, 5) is 29.8. The number of hydrogen-bond donors (Lipinski definition) is 1. The van der Waals surface area contributed by atoms with Crippen molar-refractivity contribution in [3.63, 3.8) is 0 Å². The number of carbonyl (C=O) groups excluding carboxylic acids is 2. The van der Waals surface area contributed by atoms with Crippen LogP contribution in [0.15, 0.2) is 36.7 Å². The third kappa shape index (κ3) is 3.71. The molecule has 3 aromatic rings. The van der Waals surface area contributed by atoms with E-state index in [9.17, 15) is 9.59 Å². The van der Waals surface area contributed by atoms with Gasteiger partial charge in [-0.15, -0.1) is 11.3 Å². The van der Waals surface area contributed by atoms with Crippen LogP contribution in [0.2, 0.25) is 0 Å². The average Bonchev–Trinajstić information content (AvgIpc) is 3.19. The maximum absolute atomic E-state index is 12.4. The van der Waals surface area contributed by atoms with Crippen molar-refractivity contribution in [1.82, 2.24) is 9.55 Å². The molecular formula is C18H19N3O3S. The predicted octanol–water partition coefficient (Wildman–Crippen LogP) is 3.48. The Balaban J connectivity index is 1.78. The zero-order chi connectivity index (χ0) is 17.8. The number of ether oxygens (including phenoxy) is 1. The van der Waals surface area contributed by atoms with Crippen molar-refractivity contribution in [2.24, 2.45) is 0 Å². The lowest BCUT2D eigenvalue weighted by atomic mass is 10.2. The number of hydrogen-bond acceptors (Lipinski definition) is 5. The number of benzene rings is 1. The molecule has 6 nitrogen and oxygen atoms in total. The summed E-state index contributed by atoms with van der Waals surface area (Å²) in [5.74, 6) is -0.625. The summed E-state index contributed by atoms with van der Waals surface area (Å²) in [7, 11) is 0. The lowest BCUT2D eigenvalue weighted by Crippen LogP contribution is -2.19. The van der Waals surface area contributed by atoms with Crippen LogP contribution in [-0.2, 0) is 22.5 Å².